The van der Waals surface area contributed by atoms with Gasteiger partial charge in [-0.15, -0.1) is 0 Å². The van der Waals surface area contributed by atoms with Gasteiger partial charge in [0.2, 0.25) is 0 Å². The number of halogens is 1. The number of Topliss-reactive ketones (excluding diaryl/α,β-unsaturated/α-hetero) is 1. The number of carbonyl (C=O) groups excluding carboxylic acids is 2. The summed E-state index contributed by atoms with van der Waals surface area (Å²) in [5, 5.41) is 0. The van der Waals surface area contributed by atoms with E-state index in [9.17, 15) is 14.0 Å². The van der Waals surface area contributed by atoms with E-state index in [2.05, 4.69) is 0 Å². The van der Waals surface area contributed by atoms with E-state index in [1.807, 2.05) is 0 Å². The van der Waals surface area contributed by atoms with Crippen LogP contribution >= 0.6 is 0 Å². The zero-order valence-electron chi connectivity index (χ0n) is 8.48. The van der Waals surface area contributed by atoms with Crippen LogP contribution in [0.15, 0.2) is 24.3 Å². The molecule has 5 heteroatoms. The third-order valence-electron chi connectivity index (χ3n) is 2.29. The average Bonchev–Trinajstić information content (AvgIpc) is 2.65. The summed E-state index contributed by atoms with van der Waals surface area (Å²) < 4.78 is 17.7. The Kier molecular flexibility index (Phi) is 2.85. The maximum atomic E-state index is 12.8. The lowest BCUT2D eigenvalue weighted by Crippen LogP contribution is -2.31. The van der Waals surface area contributed by atoms with Gasteiger partial charge in [-0.2, -0.15) is 0 Å². The van der Waals surface area contributed by atoms with Gasteiger partial charge in [0.1, 0.15) is 11.6 Å². The lowest BCUT2D eigenvalue weighted by molar-refractivity contribution is -0.116. The predicted octanol–water partition coefficient (Wildman–Crippen LogP) is 1.60. The normalized spacial score (nSPS) is 15.3. The number of rotatable bonds is 1. The van der Waals surface area contributed by atoms with Crippen molar-refractivity contribution >= 4 is 11.9 Å². The molecule has 0 unspecified atom stereocenters. The molecule has 4 nitrogen and oxygen atoms in total. The van der Waals surface area contributed by atoms with Crippen molar-refractivity contribution < 1.29 is 18.7 Å². The van der Waals surface area contributed by atoms with E-state index >= 15 is 0 Å². The highest BCUT2D eigenvalue weighted by atomic mass is 19.1. The van der Waals surface area contributed by atoms with E-state index in [-0.39, 0.29) is 18.1 Å². The van der Waals surface area contributed by atoms with Crippen LogP contribution < -0.4 is 4.74 Å². The van der Waals surface area contributed by atoms with Crippen LogP contribution in [0.5, 0.6) is 5.75 Å². The topological polar surface area (TPSA) is 46.6 Å². The SMILES string of the molecule is O=C1CCN(C(=O)Oc2cccc(F)c2)C1. The fraction of sp³-hybridized carbons (Fsp3) is 0.273. The van der Waals surface area contributed by atoms with Gasteiger partial charge in [-0.3, -0.25) is 4.79 Å². The van der Waals surface area contributed by atoms with Crippen molar-refractivity contribution in [2.45, 2.75) is 6.42 Å². The Morgan fingerprint density at radius 2 is 2.25 bits per heavy atom. The molecule has 2 rings (SSSR count). The second-order valence-corrected chi connectivity index (χ2v) is 3.54. The van der Waals surface area contributed by atoms with Gasteiger partial charge in [0.05, 0.1) is 6.54 Å². The number of nitrogens with zero attached hydrogens (tertiary/aromatic N) is 1. The van der Waals surface area contributed by atoms with Crippen LogP contribution in [-0.4, -0.2) is 29.9 Å². The maximum absolute atomic E-state index is 12.8. The van der Waals surface area contributed by atoms with Gasteiger partial charge in [0.15, 0.2) is 5.78 Å². The zero-order chi connectivity index (χ0) is 11.5. The fourth-order valence-electron chi connectivity index (χ4n) is 1.48. The molecule has 0 N–H and O–H groups in total. The Morgan fingerprint density at radius 3 is 2.88 bits per heavy atom. The van der Waals surface area contributed by atoms with Gasteiger partial charge in [-0.05, 0) is 12.1 Å². The van der Waals surface area contributed by atoms with Crippen molar-refractivity contribution in [3.63, 3.8) is 0 Å². The largest absolute Gasteiger partial charge is 0.415 e. The molecule has 0 radical (unpaired) electrons. The molecule has 0 spiro atoms. The van der Waals surface area contributed by atoms with Gasteiger partial charge in [-0.1, -0.05) is 6.07 Å². The number of ketones is 1. The van der Waals surface area contributed by atoms with E-state index in [1.54, 1.807) is 0 Å². The van der Waals surface area contributed by atoms with Gasteiger partial charge in [-0.25, -0.2) is 9.18 Å². The molecule has 1 aliphatic rings. The lowest BCUT2D eigenvalue weighted by atomic mass is 10.3. The molecule has 0 atom stereocenters. The standard InChI is InChI=1S/C11H10FNO3/c12-8-2-1-3-10(6-8)16-11(15)13-5-4-9(14)7-13/h1-3,6H,4-5,7H2. The van der Waals surface area contributed by atoms with Crippen molar-refractivity contribution in [2.75, 3.05) is 13.1 Å². The molecule has 1 amide bonds. The second-order valence-electron chi connectivity index (χ2n) is 3.54. The van der Waals surface area contributed by atoms with E-state index < -0.39 is 11.9 Å². The minimum atomic E-state index is -0.614. The highest BCUT2D eigenvalue weighted by Gasteiger charge is 2.25. The van der Waals surface area contributed by atoms with Crippen LogP contribution in [0.2, 0.25) is 0 Å². The smallest absolute Gasteiger partial charge is 0.410 e. The van der Waals surface area contributed by atoms with Crippen LogP contribution in [0, 0.1) is 5.82 Å². The Morgan fingerprint density at radius 1 is 1.44 bits per heavy atom. The second kappa shape index (κ2) is 4.30. The summed E-state index contributed by atoms with van der Waals surface area (Å²) in [4.78, 5) is 23.8. The Labute approximate surface area is 91.6 Å². The van der Waals surface area contributed by atoms with E-state index in [1.165, 1.54) is 23.1 Å². The quantitative estimate of drug-likeness (QED) is 0.726. The number of likely N-dealkylation sites (tertiary alicyclic amines) is 1. The van der Waals surface area contributed by atoms with E-state index in [0.29, 0.717) is 13.0 Å². The molecule has 84 valence electrons. The molecule has 0 aliphatic carbocycles. The van der Waals surface area contributed by atoms with Gasteiger partial charge in [0.25, 0.3) is 0 Å². The first-order valence-corrected chi connectivity index (χ1v) is 4.89. The minimum Gasteiger partial charge on any atom is -0.410 e. The number of hydrogen-bond donors (Lipinski definition) is 0. The molecule has 1 aliphatic heterocycles. The maximum Gasteiger partial charge on any atom is 0.415 e. The Hall–Kier alpha value is -1.91. The highest BCUT2D eigenvalue weighted by Crippen LogP contribution is 2.14. The molecule has 1 aromatic carbocycles. The van der Waals surface area contributed by atoms with Crippen LogP contribution in [0.4, 0.5) is 9.18 Å². The van der Waals surface area contributed by atoms with Crippen LogP contribution in [0.1, 0.15) is 6.42 Å². The predicted molar refractivity (Wildman–Crippen MR) is 53.6 cm³/mol. The molecule has 16 heavy (non-hydrogen) atoms. The third-order valence-corrected chi connectivity index (χ3v) is 2.29. The number of ether oxygens (including phenoxy) is 1. The Balaban J connectivity index is 1.99. The molecule has 0 bridgehead atoms. The molecule has 1 fully saturated rings. The molecular weight excluding hydrogens is 213 g/mol. The molecule has 1 aromatic rings. The summed E-state index contributed by atoms with van der Waals surface area (Å²) in [6.07, 6.45) is -0.255. The molecule has 0 saturated carbocycles. The van der Waals surface area contributed by atoms with Gasteiger partial charge >= 0.3 is 6.09 Å². The third kappa shape index (κ3) is 2.36. The fourth-order valence-corrected chi connectivity index (χ4v) is 1.48. The minimum absolute atomic E-state index is 0.0104. The number of amides is 1. The summed E-state index contributed by atoms with van der Waals surface area (Å²) >= 11 is 0. The zero-order valence-corrected chi connectivity index (χ0v) is 8.48. The summed E-state index contributed by atoms with van der Waals surface area (Å²) in [6, 6.07) is 5.32. The Bertz CT molecular complexity index is 433. The first kappa shape index (κ1) is 10.6. The van der Waals surface area contributed by atoms with E-state index in [4.69, 9.17) is 4.74 Å². The van der Waals surface area contributed by atoms with E-state index in [0.717, 1.165) is 6.07 Å². The number of benzene rings is 1. The summed E-state index contributed by atoms with van der Waals surface area (Å²) in [6.45, 7) is 0.446. The number of hydrogen-bond acceptors (Lipinski definition) is 3. The summed E-state index contributed by atoms with van der Waals surface area (Å²) in [5.41, 5.74) is 0. The van der Waals surface area contributed by atoms with Gasteiger partial charge in [0, 0.05) is 19.0 Å². The van der Waals surface area contributed by atoms with Crippen LogP contribution in [0.3, 0.4) is 0 Å². The van der Waals surface area contributed by atoms with Crippen molar-refractivity contribution in [1.82, 2.24) is 4.90 Å². The summed E-state index contributed by atoms with van der Waals surface area (Å²) in [7, 11) is 0. The average molecular weight is 223 g/mol. The summed E-state index contributed by atoms with van der Waals surface area (Å²) in [5.74, 6) is -0.316. The van der Waals surface area contributed by atoms with Crippen molar-refractivity contribution in [2.24, 2.45) is 0 Å². The molecule has 1 heterocycles. The van der Waals surface area contributed by atoms with Crippen LogP contribution in [-0.2, 0) is 4.79 Å². The lowest BCUT2D eigenvalue weighted by Gasteiger charge is -2.13. The molecule has 0 aromatic heterocycles. The van der Waals surface area contributed by atoms with Crippen molar-refractivity contribution in [3.05, 3.63) is 30.1 Å². The molecular formula is C11H10FNO3. The van der Waals surface area contributed by atoms with Crippen molar-refractivity contribution in [3.8, 4) is 5.75 Å². The molecule has 1 saturated heterocycles. The first-order valence-electron chi connectivity index (χ1n) is 4.89. The number of carbonyl (C=O) groups is 2. The van der Waals surface area contributed by atoms with Crippen molar-refractivity contribution in [1.29, 1.82) is 0 Å². The monoisotopic (exact) mass is 223 g/mol. The van der Waals surface area contributed by atoms with Crippen LogP contribution in [0.25, 0.3) is 0 Å². The van der Waals surface area contributed by atoms with Gasteiger partial charge < -0.3 is 9.64 Å². The highest BCUT2D eigenvalue weighted by molar-refractivity contribution is 5.87. The first-order chi connectivity index (χ1) is 7.65.